The van der Waals surface area contributed by atoms with Crippen LogP contribution in [0.15, 0.2) is 12.2 Å². The Hall–Kier alpha value is -1.39. The van der Waals surface area contributed by atoms with E-state index in [1.54, 1.807) is 0 Å². The van der Waals surface area contributed by atoms with Crippen LogP contribution in [-0.4, -0.2) is 68.5 Å². The molecule has 0 aromatic rings. The molecule has 1 N–H and O–H groups in total. The SMILES string of the molecule is CNCC=CCOCC(F)(F)C(F)(F)C(F)(F)C(F)(F)C(F)(F)C(F)(F)C(F)(F)F. The van der Waals surface area contributed by atoms with Crippen molar-refractivity contribution >= 4 is 0 Å². The van der Waals surface area contributed by atoms with Crippen molar-refractivity contribution in [3.05, 3.63) is 12.2 Å². The molecular formula is C13H12F15NO. The smallest absolute Gasteiger partial charge is 0.371 e. The van der Waals surface area contributed by atoms with Crippen LogP contribution in [0, 0.1) is 0 Å². The fourth-order valence-electron chi connectivity index (χ4n) is 1.61. The topological polar surface area (TPSA) is 21.3 Å². The van der Waals surface area contributed by atoms with E-state index in [9.17, 15) is 65.9 Å². The highest BCUT2D eigenvalue weighted by Crippen LogP contribution is 2.62. The minimum atomic E-state index is -8.28. The standard InChI is InChI=1S/C13H12F15NO/c1-29-4-2-3-5-30-6-7(14,15)8(16,17)9(18,19)10(20,21)11(22,23)12(24,25)13(26,27)28/h2-3,29H,4-6H2,1H3. The van der Waals surface area contributed by atoms with Gasteiger partial charge in [0.15, 0.2) is 0 Å². The molecule has 0 aliphatic rings. The van der Waals surface area contributed by atoms with E-state index >= 15 is 0 Å². The fraction of sp³-hybridized carbons (Fsp3) is 0.846. The third-order valence-electron chi connectivity index (χ3n) is 3.38. The molecule has 0 rings (SSSR count). The average molecular weight is 483 g/mol. The molecule has 2 nitrogen and oxygen atoms in total. The van der Waals surface area contributed by atoms with Gasteiger partial charge >= 0.3 is 41.7 Å². The molecule has 30 heavy (non-hydrogen) atoms. The van der Waals surface area contributed by atoms with Crippen LogP contribution in [0.2, 0.25) is 0 Å². The van der Waals surface area contributed by atoms with Crippen molar-refractivity contribution in [2.75, 3.05) is 26.8 Å². The minimum absolute atomic E-state index is 0.0860. The van der Waals surface area contributed by atoms with Crippen molar-refractivity contribution in [2.24, 2.45) is 0 Å². The summed E-state index contributed by atoms with van der Waals surface area (Å²) < 4.78 is 197. The van der Waals surface area contributed by atoms with Gasteiger partial charge in [-0.1, -0.05) is 12.2 Å². The molecule has 0 fully saturated rings. The highest BCUT2D eigenvalue weighted by atomic mass is 19.4. The summed E-state index contributed by atoms with van der Waals surface area (Å²) in [6, 6.07) is 0. The van der Waals surface area contributed by atoms with Crippen molar-refractivity contribution in [1.82, 2.24) is 5.32 Å². The van der Waals surface area contributed by atoms with Crippen LogP contribution in [-0.2, 0) is 4.74 Å². The van der Waals surface area contributed by atoms with Gasteiger partial charge < -0.3 is 10.1 Å². The van der Waals surface area contributed by atoms with E-state index in [0.717, 1.165) is 12.2 Å². The van der Waals surface area contributed by atoms with E-state index < -0.39 is 54.9 Å². The van der Waals surface area contributed by atoms with Crippen LogP contribution in [0.3, 0.4) is 0 Å². The first-order chi connectivity index (χ1) is 13.1. The second kappa shape index (κ2) is 8.63. The number of likely N-dealkylation sites (N-methyl/N-ethyl adjacent to an activating group) is 1. The van der Waals surface area contributed by atoms with Gasteiger partial charge in [-0.2, -0.15) is 65.9 Å². The maximum atomic E-state index is 13.4. The average Bonchev–Trinajstić information content (AvgIpc) is 2.56. The van der Waals surface area contributed by atoms with Crippen LogP contribution in [0.5, 0.6) is 0 Å². The molecule has 0 radical (unpaired) electrons. The minimum Gasteiger partial charge on any atom is -0.371 e. The highest BCUT2D eigenvalue weighted by molar-refractivity contribution is 5.13. The summed E-state index contributed by atoms with van der Waals surface area (Å²) in [6.07, 6.45) is -5.62. The summed E-state index contributed by atoms with van der Waals surface area (Å²) in [5.74, 6) is -46.5. The van der Waals surface area contributed by atoms with Gasteiger partial charge in [-0.3, -0.25) is 0 Å². The van der Waals surface area contributed by atoms with Crippen LogP contribution in [0.4, 0.5) is 65.9 Å². The lowest BCUT2D eigenvalue weighted by molar-refractivity contribution is -0.453. The van der Waals surface area contributed by atoms with Crippen molar-refractivity contribution in [2.45, 2.75) is 41.7 Å². The summed E-state index contributed by atoms with van der Waals surface area (Å²) in [5, 5.41) is 2.47. The first-order valence-electron chi connectivity index (χ1n) is 7.27. The predicted molar refractivity (Wildman–Crippen MR) is 69.6 cm³/mol. The van der Waals surface area contributed by atoms with Gasteiger partial charge in [-0.05, 0) is 7.05 Å². The van der Waals surface area contributed by atoms with Crippen LogP contribution in [0.1, 0.15) is 0 Å². The molecule has 180 valence electrons. The Kier molecular flexibility index (Phi) is 8.23. The summed E-state index contributed by atoms with van der Waals surface area (Å²) >= 11 is 0. The zero-order chi connectivity index (χ0) is 24.4. The van der Waals surface area contributed by atoms with E-state index in [2.05, 4.69) is 10.1 Å². The number of nitrogens with one attached hydrogen (secondary N) is 1. The molecule has 0 unspecified atom stereocenters. The number of alkyl halides is 15. The molecule has 0 aromatic heterocycles. The maximum absolute atomic E-state index is 13.4. The van der Waals surface area contributed by atoms with Crippen molar-refractivity contribution in [3.8, 4) is 0 Å². The second-order valence-corrected chi connectivity index (χ2v) is 5.62. The Balaban J connectivity index is 5.93. The molecule has 0 atom stereocenters. The van der Waals surface area contributed by atoms with Gasteiger partial charge in [0.05, 0.1) is 6.61 Å². The van der Waals surface area contributed by atoms with Gasteiger partial charge in [0.2, 0.25) is 0 Å². The van der Waals surface area contributed by atoms with E-state index in [4.69, 9.17) is 0 Å². The van der Waals surface area contributed by atoms with Crippen molar-refractivity contribution in [3.63, 3.8) is 0 Å². The predicted octanol–water partition coefficient (Wildman–Crippen LogP) is 5.15. The van der Waals surface area contributed by atoms with Gasteiger partial charge in [-0.15, -0.1) is 0 Å². The molecule has 0 heterocycles. The van der Waals surface area contributed by atoms with Crippen LogP contribution >= 0.6 is 0 Å². The number of rotatable bonds is 11. The summed E-state index contributed by atoms with van der Waals surface area (Å²) in [4.78, 5) is 0. The van der Waals surface area contributed by atoms with Crippen LogP contribution in [0.25, 0.3) is 0 Å². The monoisotopic (exact) mass is 483 g/mol. The molecule has 0 aliphatic heterocycles. The zero-order valence-electron chi connectivity index (χ0n) is 14.4. The van der Waals surface area contributed by atoms with E-state index in [1.807, 2.05) is 0 Å². The second-order valence-electron chi connectivity index (χ2n) is 5.62. The van der Waals surface area contributed by atoms with Gasteiger partial charge in [0.25, 0.3) is 0 Å². The van der Waals surface area contributed by atoms with Gasteiger partial charge in [0.1, 0.15) is 6.61 Å². The molecule has 0 spiro atoms. The van der Waals surface area contributed by atoms with Crippen molar-refractivity contribution < 1.29 is 70.6 Å². The summed E-state index contributed by atoms with van der Waals surface area (Å²) in [6.45, 7) is -3.70. The summed E-state index contributed by atoms with van der Waals surface area (Å²) in [5.41, 5.74) is 0. The Morgan fingerprint density at radius 1 is 0.600 bits per heavy atom. The van der Waals surface area contributed by atoms with E-state index in [-0.39, 0.29) is 6.54 Å². The lowest BCUT2D eigenvalue weighted by Gasteiger charge is -2.41. The third-order valence-corrected chi connectivity index (χ3v) is 3.38. The number of hydrogen-bond donors (Lipinski definition) is 1. The largest absolute Gasteiger partial charge is 0.460 e. The zero-order valence-corrected chi connectivity index (χ0v) is 14.4. The highest BCUT2D eigenvalue weighted by Gasteiger charge is 2.93. The Labute approximate surface area is 158 Å². The van der Waals surface area contributed by atoms with E-state index in [1.165, 1.54) is 7.05 Å². The number of ether oxygens (including phenoxy) is 1. The number of halogens is 15. The molecule has 0 bridgehead atoms. The molecule has 0 aromatic carbocycles. The molecule has 17 heteroatoms. The maximum Gasteiger partial charge on any atom is 0.460 e. The normalized spacial score (nSPS) is 15.9. The Morgan fingerprint density at radius 2 is 1.00 bits per heavy atom. The third kappa shape index (κ3) is 4.60. The molecule has 0 saturated carbocycles. The lowest BCUT2D eigenvalue weighted by atomic mass is 9.91. The summed E-state index contributed by atoms with van der Waals surface area (Å²) in [7, 11) is 1.40. The van der Waals surface area contributed by atoms with Crippen LogP contribution < -0.4 is 5.32 Å². The van der Waals surface area contributed by atoms with Gasteiger partial charge in [0, 0.05) is 6.54 Å². The first kappa shape index (κ1) is 28.6. The molecule has 0 saturated heterocycles. The molecule has 0 aliphatic carbocycles. The Morgan fingerprint density at radius 3 is 1.40 bits per heavy atom. The quantitative estimate of drug-likeness (QED) is 0.249. The first-order valence-corrected chi connectivity index (χ1v) is 7.27. The van der Waals surface area contributed by atoms with Gasteiger partial charge in [-0.25, -0.2) is 0 Å². The lowest BCUT2D eigenvalue weighted by Crippen LogP contribution is -2.73. The van der Waals surface area contributed by atoms with Crippen molar-refractivity contribution in [1.29, 1.82) is 0 Å². The van der Waals surface area contributed by atoms with E-state index in [0.29, 0.717) is 0 Å². The fourth-order valence-corrected chi connectivity index (χ4v) is 1.61. The number of hydrogen-bond acceptors (Lipinski definition) is 2. The molecular weight excluding hydrogens is 471 g/mol. The Bertz CT molecular complexity index is 596. The molecule has 0 amide bonds.